The van der Waals surface area contributed by atoms with E-state index in [-0.39, 0.29) is 11.4 Å². The van der Waals surface area contributed by atoms with Crippen molar-refractivity contribution in [2.45, 2.75) is 118 Å². The molecule has 0 bridgehead atoms. The maximum absolute atomic E-state index is 11.9. The molecule has 1 aromatic heterocycles. The van der Waals surface area contributed by atoms with Crippen LogP contribution in [-0.2, 0) is 22.6 Å². The average Bonchev–Trinajstić information content (AvgIpc) is 3.14. The molecule has 4 heteroatoms. The van der Waals surface area contributed by atoms with Gasteiger partial charge in [0.1, 0.15) is 12.4 Å². The molecule has 0 atom stereocenters. The van der Waals surface area contributed by atoms with E-state index in [1.807, 2.05) is 20.8 Å². The van der Waals surface area contributed by atoms with Gasteiger partial charge in [0.2, 0.25) is 6.33 Å². The third-order valence-electron chi connectivity index (χ3n) is 5.75. The molecule has 162 valence electrons. The molecule has 0 aliphatic carbocycles. The summed E-state index contributed by atoms with van der Waals surface area (Å²) < 4.78 is 10.0. The quantitative estimate of drug-likeness (QED) is 0.183. The summed E-state index contributed by atoms with van der Waals surface area (Å²) in [5.41, 5.74) is -0.336. The van der Waals surface area contributed by atoms with E-state index in [4.69, 9.17) is 4.74 Å². The Kier molecular flexibility index (Phi) is 12.9. The first-order chi connectivity index (χ1) is 13.5. The van der Waals surface area contributed by atoms with Crippen LogP contribution in [0.3, 0.4) is 0 Å². The van der Waals surface area contributed by atoms with Gasteiger partial charge in [0.25, 0.3) is 0 Å². The second-order valence-electron chi connectivity index (χ2n) is 8.80. The van der Waals surface area contributed by atoms with Crippen LogP contribution in [0.15, 0.2) is 18.7 Å². The number of hydrogen-bond donors (Lipinski definition) is 0. The number of esters is 1. The first-order valence-electron chi connectivity index (χ1n) is 11.7. The fourth-order valence-electron chi connectivity index (χ4n) is 3.18. The lowest BCUT2D eigenvalue weighted by Crippen LogP contribution is -2.30. The first kappa shape index (κ1) is 24.7. The maximum atomic E-state index is 11.9. The highest BCUT2D eigenvalue weighted by Gasteiger charge is 2.26. The number of unbranched alkanes of at least 4 members (excludes halogenated alkanes) is 9. The molecular formula is C24H45N2O2+. The molecule has 1 aromatic rings. The molecule has 0 N–H and O–H groups in total. The Balaban J connectivity index is 1.88. The predicted octanol–water partition coefficient (Wildman–Crippen LogP) is 6.07. The van der Waals surface area contributed by atoms with Crippen molar-refractivity contribution in [1.82, 2.24) is 4.57 Å². The molecule has 0 fully saturated rings. The summed E-state index contributed by atoms with van der Waals surface area (Å²) in [6, 6.07) is 0. The molecule has 0 aliphatic heterocycles. The zero-order valence-electron chi connectivity index (χ0n) is 19.0. The van der Waals surface area contributed by atoms with Crippen molar-refractivity contribution < 1.29 is 14.1 Å². The molecule has 0 aromatic carbocycles. The van der Waals surface area contributed by atoms with Gasteiger partial charge in [-0.1, -0.05) is 58.8 Å². The number of aryl methyl sites for hydroxylation is 2. The smallest absolute Gasteiger partial charge is 0.311 e. The minimum atomic E-state index is -0.336. The standard InChI is InChI=1S/C24H45N2O2/c1-5-7-17-25-19-20-26(22-25)18-15-13-11-9-8-10-12-14-16-21-28-23(27)24(3,4)6-2/h19-20,22H,5-18,21H2,1-4H3/q+1. The van der Waals surface area contributed by atoms with E-state index in [0.29, 0.717) is 6.61 Å². The van der Waals surface area contributed by atoms with E-state index in [1.165, 1.54) is 64.2 Å². The van der Waals surface area contributed by atoms with Gasteiger partial charge in [-0.15, -0.1) is 0 Å². The number of hydrogen-bond acceptors (Lipinski definition) is 2. The molecule has 0 amide bonds. The topological polar surface area (TPSA) is 35.1 Å². The van der Waals surface area contributed by atoms with E-state index >= 15 is 0 Å². The number of imidazole rings is 1. The van der Waals surface area contributed by atoms with Crippen molar-refractivity contribution in [3.63, 3.8) is 0 Å². The highest BCUT2D eigenvalue weighted by molar-refractivity contribution is 5.75. The summed E-state index contributed by atoms with van der Waals surface area (Å²) in [4.78, 5) is 11.9. The van der Waals surface area contributed by atoms with Gasteiger partial charge < -0.3 is 4.74 Å². The molecule has 4 nitrogen and oxygen atoms in total. The molecule has 0 spiro atoms. The second-order valence-corrected chi connectivity index (χ2v) is 8.80. The lowest BCUT2D eigenvalue weighted by molar-refractivity contribution is -0.696. The van der Waals surface area contributed by atoms with Crippen LogP contribution >= 0.6 is 0 Å². The highest BCUT2D eigenvalue weighted by Crippen LogP contribution is 2.21. The third kappa shape index (κ3) is 10.9. The van der Waals surface area contributed by atoms with Gasteiger partial charge >= 0.3 is 5.97 Å². The second kappa shape index (κ2) is 14.6. The number of carbonyl (C=O) groups excluding carboxylic acids is 1. The third-order valence-corrected chi connectivity index (χ3v) is 5.75. The van der Waals surface area contributed by atoms with Crippen LogP contribution < -0.4 is 4.57 Å². The molecule has 0 saturated carbocycles. The fourth-order valence-corrected chi connectivity index (χ4v) is 3.18. The van der Waals surface area contributed by atoms with Crippen LogP contribution in [0.1, 0.15) is 105 Å². The Morgan fingerprint density at radius 2 is 1.54 bits per heavy atom. The number of rotatable bonds is 17. The zero-order chi connectivity index (χ0) is 20.7. The van der Waals surface area contributed by atoms with Crippen LogP contribution in [-0.4, -0.2) is 17.1 Å². The van der Waals surface area contributed by atoms with Crippen LogP contribution in [0.25, 0.3) is 0 Å². The van der Waals surface area contributed by atoms with Crippen LogP contribution in [0, 0.1) is 5.41 Å². The van der Waals surface area contributed by atoms with Gasteiger partial charge in [-0.05, 0) is 46.0 Å². The minimum absolute atomic E-state index is 0.0503. The summed E-state index contributed by atoms with van der Waals surface area (Å²) in [6.45, 7) is 11.1. The number of nitrogens with zero attached hydrogens (tertiary/aromatic N) is 2. The largest absolute Gasteiger partial charge is 0.465 e. The number of aromatic nitrogens is 2. The van der Waals surface area contributed by atoms with Crippen molar-refractivity contribution in [1.29, 1.82) is 0 Å². The van der Waals surface area contributed by atoms with Gasteiger partial charge in [-0.25, -0.2) is 9.13 Å². The molecule has 1 heterocycles. The van der Waals surface area contributed by atoms with Gasteiger partial charge in [0.15, 0.2) is 0 Å². The molecule has 0 radical (unpaired) electrons. The highest BCUT2D eigenvalue weighted by atomic mass is 16.5. The van der Waals surface area contributed by atoms with E-state index in [2.05, 4.69) is 34.8 Å². The van der Waals surface area contributed by atoms with Gasteiger partial charge in [-0.3, -0.25) is 4.79 Å². The Morgan fingerprint density at radius 3 is 2.14 bits per heavy atom. The molecule has 1 rings (SSSR count). The molecule has 0 aliphatic rings. The Bertz CT molecular complexity index is 522. The lowest BCUT2D eigenvalue weighted by Gasteiger charge is -2.20. The molecule has 28 heavy (non-hydrogen) atoms. The summed E-state index contributed by atoms with van der Waals surface area (Å²) in [7, 11) is 0. The molecule has 0 saturated heterocycles. The predicted molar refractivity (Wildman–Crippen MR) is 116 cm³/mol. The van der Waals surface area contributed by atoms with Crippen molar-refractivity contribution in [2.24, 2.45) is 5.41 Å². The van der Waals surface area contributed by atoms with E-state index in [1.54, 1.807) is 0 Å². The Hall–Kier alpha value is -1.32. The van der Waals surface area contributed by atoms with Crippen molar-refractivity contribution in [3.8, 4) is 0 Å². The Morgan fingerprint density at radius 1 is 0.929 bits per heavy atom. The van der Waals surface area contributed by atoms with E-state index in [0.717, 1.165) is 25.9 Å². The first-order valence-corrected chi connectivity index (χ1v) is 11.7. The number of ether oxygens (including phenoxy) is 1. The van der Waals surface area contributed by atoms with Crippen molar-refractivity contribution in [3.05, 3.63) is 18.7 Å². The normalized spacial score (nSPS) is 11.7. The van der Waals surface area contributed by atoms with Crippen LogP contribution in [0.2, 0.25) is 0 Å². The average molecular weight is 394 g/mol. The number of carbonyl (C=O) groups is 1. The minimum Gasteiger partial charge on any atom is -0.465 e. The summed E-state index contributed by atoms with van der Waals surface area (Å²) >= 11 is 0. The monoisotopic (exact) mass is 393 g/mol. The molecular weight excluding hydrogens is 348 g/mol. The summed E-state index contributed by atoms with van der Waals surface area (Å²) in [6.07, 6.45) is 21.4. The van der Waals surface area contributed by atoms with Crippen molar-refractivity contribution in [2.75, 3.05) is 6.61 Å². The maximum Gasteiger partial charge on any atom is 0.311 e. The SMILES string of the molecule is CCCCn1cc[n+](CCCCCCCCCCCOC(=O)C(C)(C)CC)c1. The summed E-state index contributed by atoms with van der Waals surface area (Å²) in [5, 5.41) is 0. The van der Waals surface area contributed by atoms with Gasteiger partial charge in [-0.2, -0.15) is 0 Å². The fraction of sp³-hybridized carbons (Fsp3) is 0.833. The van der Waals surface area contributed by atoms with Crippen LogP contribution in [0.5, 0.6) is 0 Å². The summed E-state index contributed by atoms with van der Waals surface area (Å²) in [5.74, 6) is -0.0503. The van der Waals surface area contributed by atoms with Gasteiger partial charge in [0.05, 0.1) is 25.1 Å². The lowest BCUT2D eigenvalue weighted by atomic mass is 9.91. The Labute approximate surface area is 173 Å². The van der Waals surface area contributed by atoms with E-state index < -0.39 is 0 Å². The molecule has 0 unspecified atom stereocenters. The van der Waals surface area contributed by atoms with Gasteiger partial charge in [0, 0.05) is 0 Å². The zero-order valence-corrected chi connectivity index (χ0v) is 19.0. The van der Waals surface area contributed by atoms with Crippen molar-refractivity contribution >= 4 is 5.97 Å². The van der Waals surface area contributed by atoms with E-state index in [9.17, 15) is 4.79 Å². The van der Waals surface area contributed by atoms with Crippen LogP contribution in [0.4, 0.5) is 0 Å².